The van der Waals surface area contributed by atoms with Crippen LogP contribution in [-0.4, -0.2) is 23.8 Å². The number of nitrogens with zero attached hydrogens (tertiary/aromatic N) is 1. The molecule has 2 rings (SSSR count). The largest absolute Gasteiger partial charge is 0.483 e. The fourth-order valence-electron chi connectivity index (χ4n) is 1.60. The molecule has 20 heavy (non-hydrogen) atoms. The zero-order valence-electron chi connectivity index (χ0n) is 11.4. The quantitative estimate of drug-likeness (QED) is 0.889. The second-order valence-electron chi connectivity index (χ2n) is 4.18. The third kappa shape index (κ3) is 4.25. The van der Waals surface area contributed by atoms with E-state index in [1.54, 1.807) is 11.8 Å². The number of nitrogens with one attached hydrogen (secondary N) is 1. The maximum atomic E-state index is 11.8. The van der Waals surface area contributed by atoms with Crippen LogP contribution in [0.3, 0.4) is 0 Å². The Bertz CT molecular complexity index is 584. The number of para-hydroxylation sites is 1. The summed E-state index contributed by atoms with van der Waals surface area (Å²) in [4.78, 5) is 16.1. The highest BCUT2D eigenvalue weighted by Crippen LogP contribution is 2.19. The first-order chi connectivity index (χ1) is 9.69. The van der Waals surface area contributed by atoms with Crippen molar-refractivity contribution < 1.29 is 9.53 Å². The van der Waals surface area contributed by atoms with Gasteiger partial charge >= 0.3 is 0 Å². The van der Waals surface area contributed by atoms with Crippen molar-refractivity contribution >= 4 is 34.1 Å². The van der Waals surface area contributed by atoms with Gasteiger partial charge in [0.1, 0.15) is 5.75 Å². The predicted octanol–water partition coefficient (Wildman–Crippen LogP) is 3.33. The summed E-state index contributed by atoms with van der Waals surface area (Å²) in [5.41, 5.74) is 1.99. The lowest BCUT2D eigenvalue weighted by Crippen LogP contribution is -2.20. The number of rotatable bonds is 6. The highest BCUT2D eigenvalue weighted by molar-refractivity contribution is 7.97. The van der Waals surface area contributed by atoms with Gasteiger partial charge in [0.05, 0.1) is 5.69 Å². The van der Waals surface area contributed by atoms with E-state index in [2.05, 4.69) is 10.3 Å². The van der Waals surface area contributed by atoms with E-state index in [1.807, 2.05) is 42.8 Å². The summed E-state index contributed by atoms with van der Waals surface area (Å²) in [6.45, 7) is 1.94. The first kappa shape index (κ1) is 14.9. The summed E-state index contributed by atoms with van der Waals surface area (Å²) in [6.07, 6.45) is 2.02. The number of thiazole rings is 1. The molecule has 0 saturated heterocycles. The van der Waals surface area contributed by atoms with Crippen molar-refractivity contribution in [2.45, 2.75) is 12.7 Å². The minimum atomic E-state index is -0.196. The zero-order valence-corrected chi connectivity index (χ0v) is 13.0. The Morgan fingerprint density at radius 1 is 1.45 bits per heavy atom. The minimum Gasteiger partial charge on any atom is -0.483 e. The number of carbonyl (C=O) groups is 1. The van der Waals surface area contributed by atoms with Crippen LogP contribution in [0.1, 0.15) is 11.3 Å². The van der Waals surface area contributed by atoms with E-state index in [1.165, 1.54) is 11.3 Å². The molecule has 0 aliphatic carbocycles. The topological polar surface area (TPSA) is 51.2 Å². The molecule has 0 unspecified atom stereocenters. The van der Waals surface area contributed by atoms with Crippen molar-refractivity contribution in [3.8, 4) is 5.75 Å². The number of aryl methyl sites for hydroxylation is 1. The highest BCUT2D eigenvalue weighted by atomic mass is 32.2. The fraction of sp³-hybridized carbons (Fsp3) is 0.286. The Morgan fingerprint density at radius 2 is 2.25 bits per heavy atom. The van der Waals surface area contributed by atoms with Crippen molar-refractivity contribution in [2.75, 3.05) is 18.2 Å². The molecule has 106 valence electrons. The summed E-state index contributed by atoms with van der Waals surface area (Å²) in [6, 6.07) is 7.62. The molecule has 1 amide bonds. The van der Waals surface area contributed by atoms with E-state index < -0.39 is 0 Å². The van der Waals surface area contributed by atoms with Crippen LogP contribution in [0.5, 0.6) is 5.75 Å². The molecular weight excluding hydrogens is 292 g/mol. The number of hydrogen-bond acceptors (Lipinski definition) is 5. The maximum absolute atomic E-state index is 11.8. The Balaban J connectivity index is 1.84. The Kier molecular flexibility index (Phi) is 5.43. The van der Waals surface area contributed by atoms with Crippen LogP contribution in [0.4, 0.5) is 5.13 Å². The van der Waals surface area contributed by atoms with E-state index in [9.17, 15) is 4.79 Å². The van der Waals surface area contributed by atoms with E-state index >= 15 is 0 Å². The number of anilines is 1. The van der Waals surface area contributed by atoms with Crippen LogP contribution in [0.15, 0.2) is 29.6 Å². The minimum absolute atomic E-state index is 0.0116. The van der Waals surface area contributed by atoms with Gasteiger partial charge in [0, 0.05) is 11.1 Å². The van der Waals surface area contributed by atoms with E-state index in [4.69, 9.17) is 4.74 Å². The third-order valence-electron chi connectivity index (χ3n) is 2.54. The molecule has 0 aliphatic rings. The van der Waals surface area contributed by atoms with E-state index in [0.29, 0.717) is 5.13 Å². The predicted molar refractivity (Wildman–Crippen MR) is 84.6 cm³/mol. The molecule has 0 saturated carbocycles. The average molecular weight is 308 g/mol. The molecule has 0 bridgehead atoms. The molecule has 1 N–H and O–H groups in total. The third-order valence-corrected chi connectivity index (χ3v) is 3.93. The van der Waals surface area contributed by atoms with Crippen LogP contribution in [0, 0.1) is 6.92 Å². The van der Waals surface area contributed by atoms with Gasteiger partial charge in [-0.15, -0.1) is 11.3 Å². The monoisotopic (exact) mass is 308 g/mol. The first-order valence-corrected chi connectivity index (χ1v) is 8.38. The number of aromatic nitrogens is 1. The van der Waals surface area contributed by atoms with Crippen molar-refractivity contribution in [1.82, 2.24) is 4.98 Å². The van der Waals surface area contributed by atoms with Gasteiger partial charge in [-0.05, 0) is 24.8 Å². The molecule has 1 aromatic heterocycles. The van der Waals surface area contributed by atoms with Gasteiger partial charge in [0.2, 0.25) is 0 Å². The van der Waals surface area contributed by atoms with Crippen molar-refractivity contribution in [3.05, 3.63) is 40.9 Å². The van der Waals surface area contributed by atoms with E-state index in [-0.39, 0.29) is 12.5 Å². The van der Waals surface area contributed by atoms with Crippen LogP contribution >= 0.6 is 23.1 Å². The number of thioether (sulfide) groups is 1. The molecule has 0 aliphatic heterocycles. The van der Waals surface area contributed by atoms with Crippen molar-refractivity contribution in [1.29, 1.82) is 0 Å². The van der Waals surface area contributed by atoms with Crippen molar-refractivity contribution in [2.24, 2.45) is 0 Å². The number of ether oxygens (including phenoxy) is 1. The molecule has 6 heteroatoms. The summed E-state index contributed by atoms with van der Waals surface area (Å²) >= 11 is 3.13. The SMILES string of the molecule is CSCc1csc(NC(=O)COc2ccccc2C)n1. The van der Waals surface area contributed by atoms with Gasteiger partial charge in [0.25, 0.3) is 5.91 Å². The van der Waals surface area contributed by atoms with Gasteiger partial charge in [-0.1, -0.05) is 18.2 Å². The number of hydrogen-bond donors (Lipinski definition) is 1. The molecule has 2 aromatic rings. The smallest absolute Gasteiger partial charge is 0.264 e. The second kappa shape index (κ2) is 7.31. The Morgan fingerprint density at radius 3 is 3.00 bits per heavy atom. The summed E-state index contributed by atoms with van der Waals surface area (Å²) in [5, 5.41) is 5.32. The molecule has 4 nitrogen and oxygen atoms in total. The summed E-state index contributed by atoms with van der Waals surface area (Å²) in [7, 11) is 0. The summed E-state index contributed by atoms with van der Waals surface area (Å²) < 4.78 is 5.49. The lowest BCUT2D eigenvalue weighted by atomic mass is 10.2. The van der Waals surface area contributed by atoms with Crippen LogP contribution in [0.2, 0.25) is 0 Å². The molecular formula is C14H16N2O2S2. The second-order valence-corrected chi connectivity index (χ2v) is 5.90. The molecule has 0 radical (unpaired) electrons. The fourth-order valence-corrected chi connectivity index (χ4v) is 2.87. The maximum Gasteiger partial charge on any atom is 0.264 e. The van der Waals surface area contributed by atoms with Crippen LogP contribution in [-0.2, 0) is 10.5 Å². The lowest BCUT2D eigenvalue weighted by molar-refractivity contribution is -0.118. The lowest BCUT2D eigenvalue weighted by Gasteiger charge is -2.07. The molecule has 0 fully saturated rings. The standard InChI is InChI=1S/C14H16N2O2S2/c1-10-5-3-4-6-12(10)18-7-13(17)16-14-15-11(8-19-2)9-20-14/h3-6,9H,7-8H2,1-2H3,(H,15,16,17). The zero-order chi connectivity index (χ0) is 14.4. The molecule has 0 spiro atoms. The van der Waals surface area contributed by atoms with Gasteiger partial charge in [-0.25, -0.2) is 4.98 Å². The molecule has 0 atom stereocenters. The molecule has 1 aromatic carbocycles. The number of carbonyl (C=O) groups excluding carboxylic acids is 1. The molecule has 1 heterocycles. The van der Waals surface area contributed by atoms with Crippen LogP contribution in [0.25, 0.3) is 0 Å². The van der Waals surface area contributed by atoms with Gasteiger partial charge in [0.15, 0.2) is 11.7 Å². The summed E-state index contributed by atoms with van der Waals surface area (Å²) in [5.74, 6) is 1.38. The first-order valence-electron chi connectivity index (χ1n) is 6.10. The van der Waals surface area contributed by atoms with Gasteiger partial charge in [-0.2, -0.15) is 11.8 Å². The van der Waals surface area contributed by atoms with Gasteiger partial charge < -0.3 is 4.74 Å². The number of benzene rings is 1. The Labute approximate surface area is 126 Å². The normalized spacial score (nSPS) is 10.3. The van der Waals surface area contributed by atoms with Gasteiger partial charge in [-0.3, -0.25) is 10.1 Å². The van der Waals surface area contributed by atoms with Crippen LogP contribution < -0.4 is 10.1 Å². The highest BCUT2D eigenvalue weighted by Gasteiger charge is 2.08. The van der Waals surface area contributed by atoms with Crippen molar-refractivity contribution in [3.63, 3.8) is 0 Å². The average Bonchev–Trinajstić information content (AvgIpc) is 2.85. The number of amides is 1. The van der Waals surface area contributed by atoms with E-state index in [0.717, 1.165) is 22.8 Å². The Hall–Kier alpha value is -1.53.